The van der Waals surface area contributed by atoms with Crippen LogP contribution in [0.25, 0.3) is 11.1 Å². The van der Waals surface area contributed by atoms with Gasteiger partial charge in [-0.3, -0.25) is 9.59 Å². The van der Waals surface area contributed by atoms with E-state index in [1.54, 1.807) is 6.07 Å². The van der Waals surface area contributed by atoms with E-state index >= 15 is 0 Å². The smallest absolute Gasteiger partial charge is 0.234 e. The largest absolute Gasteiger partial charge is 0.489 e. The molecule has 1 aromatic carbocycles. The van der Waals surface area contributed by atoms with E-state index < -0.39 is 5.82 Å². The number of nitrogens with one attached hydrogen (secondary N) is 3. The molecule has 0 radical (unpaired) electrons. The zero-order valence-electron chi connectivity index (χ0n) is 18.7. The van der Waals surface area contributed by atoms with Crippen LogP contribution in [0.2, 0.25) is 5.02 Å². The van der Waals surface area contributed by atoms with Gasteiger partial charge in [0.2, 0.25) is 11.8 Å². The molecule has 1 aliphatic heterocycles. The quantitative estimate of drug-likeness (QED) is 0.582. The third kappa shape index (κ3) is 5.39. The van der Waals surface area contributed by atoms with Crippen LogP contribution in [0.5, 0.6) is 5.75 Å². The Labute approximate surface area is 201 Å². The van der Waals surface area contributed by atoms with Crippen molar-refractivity contribution >= 4 is 34.9 Å². The SMILES string of the molecule is CC1COc2c(cc(F)cc2-c2cc(NC(=O)C3CCCC(NC(=O)CC#N)C3)ncc2Cl)N1. The number of carbonyl (C=O) groups excluding carboxylic acids is 2. The topological polar surface area (TPSA) is 116 Å². The molecular formula is C24H25ClFN5O3. The highest BCUT2D eigenvalue weighted by Crippen LogP contribution is 2.43. The highest BCUT2D eigenvalue weighted by Gasteiger charge is 2.29. The van der Waals surface area contributed by atoms with Crippen LogP contribution in [-0.2, 0) is 9.59 Å². The summed E-state index contributed by atoms with van der Waals surface area (Å²) in [7, 11) is 0. The van der Waals surface area contributed by atoms with Crippen LogP contribution in [0.4, 0.5) is 15.9 Å². The van der Waals surface area contributed by atoms with E-state index in [1.165, 1.54) is 18.3 Å². The van der Waals surface area contributed by atoms with Crippen molar-refractivity contribution in [1.29, 1.82) is 5.26 Å². The van der Waals surface area contributed by atoms with Gasteiger partial charge in [-0.25, -0.2) is 9.37 Å². The van der Waals surface area contributed by atoms with E-state index in [0.29, 0.717) is 47.0 Å². The second-order valence-corrected chi connectivity index (χ2v) is 9.10. The molecule has 2 aromatic rings. The van der Waals surface area contributed by atoms with Gasteiger partial charge in [0, 0.05) is 35.3 Å². The van der Waals surface area contributed by atoms with Crippen molar-refractivity contribution in [2.45, 2.75) is 51.1 Å². The first-order chi connectivity index (χ1) is 16.3. The number of halogens is 2. The van der Waals surface area contributed by atoms with E-state index in [2.05, 4.69) is 20.9 Å². The van der Waals surface area contributed by atoms with Crippen molar-refractivity contribution in [2.75, 3.05) is 17.2 Å². The minimum atomic E-state index is -0.441. The average Bonchev–Trinajstić information content (AvgIpc) is 2.79. The van der Waals surface area contributed by atoms with Gasteiger partial charge in [0.05, 0.1) is 22.8 Å². The number of amides is 2. The van der Waals surface area contributed by atoms with Gasteiger partial charge in [-0.1, -0.05) is 18.0 Å². The van der Waals surface area contributed by atoms with Crippen LogP contribution >= 0.6 is 11.6 Å². The number of carbonyl (C=O) groups is 2. The van der Waals surface area contributed by atoms with Gasteiger partial charge in [-0.15, -0.1) is 0 Å². The molecule has 1 saturated carbocycles. The molecule has 2 heterocycles. The normalized spacial score (nSPS) is 21.3. The number of rotatable bonds is 5. The fourth-order valence-electron chi connectivity index (χ4n) is 4.42. The first kappa shape index (κ1) is 23.8. The zero-order valence-corrected chi connectivity index (χ0v) is 19.4. The lowest BCUT2D eigenvalue weighted by Crippen LogP contribution is -2.40. The van der Waals surface area contributed by atoms with Gasteiger partial charge in [-0.2, -0.15) is 5.26 Å². The van der Waals surface area contributed by atoms with Gasteiger partial charge in [-0.05, 0) is 38.3 Å². The van der Waals surface area contributed by atoms with E-state index in [4.69, 9.17) is 21.6 Å². The molecule has 178 valence electrons. The van der Waals surface area contributed by atoms with Crippen LogP contribution < -0.4 is 20.7 Å². The molecule has 2 aliphatic rings. The molecule has 1 aromatic heterocycles. The van der Waals surface area contributed by atoms with Gasteiger partial charge >= 0.3 is 0 Å². The van der Waals surface area contributed by atoms with Gasteiger partial charge in [0.15, 0.2) is 5.75 Å². The summed E-state index contributed by atoms with van der Waals surface area (Å²) in [4.78, 5) is 28.9. The summed E-state index contributed by atoms with van der Waals surface area (Å²) in [6, 6.07) is 6.04. The van der Waals surface area contributed by atoms with Crippen molar-refractivity contribution in [1.82, 2.24) is 10.3 Å². The van der Waals surface area contributed by atoms with Gasteiger partial charge in [0.25, 0.3) is 0 Å². The molecule has 3 atom stereocenters. The lowest BCUT2D eigenvalue weighted by atomic mass is 9.85. The Balaban J connectivity index is 1.52. The molecule has 34 heavy (non-hydrogen) atoms. The summed E-state index contributed by atoms with van der Waals surface area (Å²) in [5.74, 6) is -0.513. The molecule has 10 heteroatoms. The highest BCUT2D eigenvalue weighted by molar-refractivity contribution is 6.33. The number of anilines is 2. The van der Waals surface area contributed by atoms with Crippen LogP contribution in [0.15, 0.2) is 24.4 Å². The molecule has 0 spiro atoms. The molecule has 1 aliphatic carbocycles. The summed E-state index contributed by atoms with van der Waals surface area (Å²) in [5, 5.41) is 17.8. The van der Waals surface area contributed by atoms with Crippen molar-refractivity contribution in [2.24, 2.45) is 5.92 Å². The number of ether oxygens (including phenoxy) is 1. The number of nitriles is 1. The number of pyridine rings is 1. The molecule has 3 N–H and O–H groups in total. The summed E-state index contributed by atoms with van der Waals surface area (Å²) in [6.45, 7) is 2.36. The van der Waals surface area contributed by atoms with Crippen molar-refractivity contribution in [3.05, 3.63) is 35.2 Å². The Morgan fingerprint density at radius 2 is 2.15 bits per heavy atom. The molecule has 1 fully saturated rings. The van der Waals surface area contributed by atoms with E-state index in [0.717, 1.165) is 12.8 Å². The maximum Gasteiger partial charge on any atom is 0.234 e. The second kappa shape index (κ2) is 10.3. The average molecular weight is 486 g/mol. The van der Waals surface area contributed by atoms with E-state index in [9.17, 15) is 14.0 Å². The van der Waals surface area contributed by atoms with Crippen LogP contribution in [-0.4, -0.2) is 35.5 Å². The van der Waals surface area contributed by atoms with E-state index in [1.807, 2.05) is 13.0 Å². The Morgan fingerprint density at radius 3 is 2.94 bits per heavy atom. The number of benzene rings is 1. The standard InChI is InChI=1S/C24H25ClFN5O3/c1-13-12-34-23-18(8-15(26)9-20(23)29-13)17-10-21(28-11-19(17)25)31-24(33)14-3-2-4-16(7-14)30-22(32)5-6-27/h8-11,13-14,16,29H,2-5,7,12H2,1H3,(H,30,32)(H,28,31,33). The first-order valence-corrected chi connectivity index (χ1v) is 11.6. The highest BCUT2D eigenvalue weighted by atomic mass is 35.5. The monoisotopic (exact) mass is 485 g/mol. The number of aromatic nitrogens is 1. The van der Waals surface area contributed by atoms with E-state index in [-0.39, 0.29) is 42.1 Å². The molecular weight excluding hydrogens is 461 g/mol. The molecule has 8 nitrogen and oxygen atoms in total. The molecule has 0 saturated heterocycles. The Hall–Kier alpha value is -3.38. The molecule has 4 rings (SSSR count). The fourth-order valence-corrected chi connectivity index (χ4v) is 4.63. The van der Waals surface area contributed by atoms with Gasteiger partial charge < -0.3 is 20.7 Å². The summed E-state index contributed by atoms with van der Waals surface area (Å²) >= 11 is 6.40. The Morgan fingerprint density at radius 1 is 1.32 bits per heavy atom. The minimum absolute atomic E-state index is 0.0360. The number of fused-ring (bicyclic) bond motifs is 1. The minimum Gasteiger partial charge on any atom is -0.489 e. The van der Waals surface area contributed by atoms with Crippen LogP contribution in [0.1, 0.15) is 39.0 Å². The molecule has 3 unspecified atom stereocenters. The Bertz CT molecular complexity index is 1150. The van der Waals surface area contributed by atoms with Crippen molar-refractivity contribution in [3.8, 4) is 22.9 Å². The third-order valence-corrected chi connectivity index (χ3v) is 6.28. The van der Waals surface area contributed by atoms with Crippen molar-refractivity contribution in [3.63, 3.8) is 0 Å². The lowest BCUT2D eigenvalue weighted by molar-refractivity contribution is -0.124. The predicted molar refractivity (Wildman–Crippen MR) is 126 cm³/mol. The number of hydrogen-bond donors (Lipinski definition) is 3. The fraction of sp³-hybridized carbons (Fsp3) is 0.417. The second-order valence-electron chi connectivity index (χ2n) is 8.69. The number of hydrogen-bond acceptors (Lipinski definition) is 6. The van der Waals surface area contributed by atoms with Crippen LogP contribution in [0.3, 0.4) is 0 Å². The zero-order chi connectivity index (χ0) is 24.2. The molecule has 2 amide bonds. The maximum atomic E-state index is 14.4. The summed E-state index contributed by atoms with van der Waals surface area (Å²) in [5.41, 5.74) is 1.50. The summed E-state index contributed by atoms with van der Waals surface area (Å²) in [6.07, 6.45) is 3.93. The Kier molecular flexibility index (Phi) is 7.17. The van der Waals surface area contributed by atoms with Gasteiger partial charge in [0.1, 0.15) is 24.7 Å². The first-order valence-electron chi connectivity index (χ1n) is 11.2. The molecule has 0 bridgehead atoms. The third-order valence-electron chi connectivity index (χ3n) is 5.98. The summed E-state index contributed by atoms with van der Waals surface area (Å²) < 4.78 is 20.2. The van der Waals surface area contributed by atoms with Crippen LogP contribution in [0, 0.1) is 23.1 Å². The number of nitrogens with zero attached hydrogens (tertiary/aromatic N) is 2. The maximum absolute atomic E-state index is 14.4. The lowest BCUT2D eigenvalue weighted by Gasteiger charge is -2.29. The van der Waals surface area contributed by atoms with Crippen molar-refractivity contribution < 1.29 is 18.7 Å². The predicted octanol–water partition coefficient (Wildman–Crippen LogP) is 4.26.